The summed E-state index contributed by atoms with van der Waals surface area (Å²) in [5, 5.41) is 18.6. The molecule has 1 aromatic heterocycles. The maximum absolute atomic E-state index is 12.9. The van der Waals surface area contributed by atoms with E-state index in [4.69, 9.17) is 14.2 Å². The fourth-order valence-electron chi connectivity index (χ4n) is 3.43. The van der Waals surface area contributed by atoms with Crippen LogP contribution in [0.2, 0.25) is 0 Å². The van der Waals surface area contributed by atoms with Crippen molar-refractivity contribution in [2.45, 2.75) is 31.7 Å². The van der Waals surface area contributed by atoms with Crippen molar-refractivity contribution in [3.05, 3.63) is 40.1 Å². The van der Waals surface area contributed by atoms with Gasteiger partial charge in [0.15, 0.2) is 11.5 Å². The first-order valence-corrected chi connectivity index (χ1v) is 9.38. The third-order valence-corrected chi connectivity index (χ3v) is 4.85. The lowest BCUT2D eigenvalue weighted by Crippen LogP contribution is -2.19. The van der Waals surface area contributed by atoms with E-state index in [0.29, 0.717) is 12.4 Å². The number of anilines is 1. The molecule has 1 saturated carbocycles. The van der Waals surface area contributed by atoms with Crippen LogP contribution in [0.3, 0.4) is 0 Å². The molecule has 1 aliphatic carbocycles. The minimum atomic E-state index is -0.619. The molecule has 0 saturated heterocycles. The number of rotatable bonds is 9. The van der Waals surface area contributed by atoms with Crippen LogP contribution in [-0.2, 0) is 4.74 Å². The van der Waals surface area contributed by atoms with Crippen molar-refractivity contribution in [1.29, 1.82) is 0 Å². The van der Waals surface area contributed by atoms with Gasteiger partial charge in [-0.05, 0) is 12.8 Å². The zero-order valence-corrected chi connectivity index (χ0v) is 16.4. The van der Waals surface area contributed by atoms with Crippen molar-refractivity contribution >= 4 is 17.4 Å². The van der Waals surface area contributed by atoms with Gasteiger partial charge < -0.3 is 19.5 Å². The average molecular weight is 404 g/mol. The maximum atomic E-state index is 12.9. The highest BCUT2D eigenvalue weighted by atomic mass is 16.6. The van der Waals surface area contributed by atoms with E-state index < -0.39 is 10.8 Å². The number of methoxy groups -OCH3 is 2. The molecule has 0 unspecified atom stereocenters. The third-order valence-electron chi connectivity index (χ3n) is 4.85. The SMILES string of the molecule is COCCOc1cc([N+](=O)[O-])c(C(=O)Nc2ccnn2C2CCCC2)cc1OC. The Hall–Kier alpha value is -3.14. The van der Waals surface area contributed by atoms with Gasteiger partial charge in [0, 0.05) is 19.2 Å². The molecule has 1 fully saturated rings. The van der Waals surface area contributed by atoms with Crippen LogP contribution in [0.5, 0.6) is 11.5 Å². The van der Waals surface area contributed by atoms with E-state index in [1.54, 1.807) is 16.9 Å². The molecule has 0 aliphatic heterocycles. The van der Waals surface area contributed by atoms with Gasteiger partial charge in [-0.3, -0.25) is 14.9 Å². The second-order valence-corrected chi connectivity index (χ2v) is 6.67. The molecular weight excluding hydrogens is 380 g/mol. The van der Waals surface area contributed by atoms with Gasteiger partial charge in [-0.15, -0.1) is 0 Å². The Balaban J connectivity index is 1.88. The number of ether oxygens (including phenoxy) is 3. The van der Waals surface area contributed by atoms with Crippen molar-refractivity contribution < 1.29 is 23.9 Å². The summed E-state index contributed by atoms with van der Waals surface area (Å²) in [5.41, 5.74) is -0.493. The van der Waals surface area contributed by atoms with E-state index in [1.165, 1.54) is 26.4 Å². The zero-order chi connectivity index (χ0) is 20.8. The van der Waals surface area contributed by atoms with Crippen LogP contribution in [0.25, 0.3) is 0 Å². The van der Waals surface area contributed by atoms with Gasteiger partial charge in [-0.25, -0.2) is 4.68 Å². The molecule has 10 nitrogen and oxygen atoms in total. The van der Waals surface area contributed by atoms with Crippen molar-refractivity contribution in [2.24, 2.45) is 0 Å². The molecule has 0 atom stereocenters. The number of hydrogen-bond donors (Lipinski definition) is 1. The zero-order valence-electron chi connectivity index (χ0n) is 16.4. The fraction of sp³-hybridized carbons (Fsp3) is 0.474. The first kappa shape index (κ1) is 20.6. The minimum absolute atomic E-state index is 0.120. The second-order valence-electron chi connectivity index (χ2n) is 6.67. The molecule has 1 heterocycles. The largest absolute Gasteiger partial charge is 0.493 e. The van der Waals surface area contributed by atoms with Crippen LogP contribution < -0.4 is 14.8 Å². The summed E-state index contributed by atoms with van der Waals surface area (Å²) in [6, 6.07) is 4.41. The maximum Gasteiger partial charge on any atom is 0.286 e. The van der Waals surface area contributed by atoms with Crippen LogP contribution in [-0.4, -0.2) is 48.0 Å². The number of nitrogens with one attached hydrogen (secondary N) is 1. The predicted molar refractivity (Wildman–Crippen MR) is 105 cm³/mol. The molecule has 0 spiro atoms. The number of amides is 1. The number of nitro groups is 1. The highest BCUT2D eigenvalue weighted by Gasteiger charge is 2.27. The van der Waals surface area contributed by atoms with Crippen LogP contribution in [0.1, 0.15) is 42.1 Å². The number of hydrogen-bond acceptors (Lipinski definition) is 7. The molecule has 156 valence electrons. The Bertz CT molecular complexity index is 876. The molecular formula is C19H24N4O6. The third kappa shape index (κ3) is 4.65. The minimum Gasteiger partial charge on any atom is -0.493 e. The quantitative estimate of drug-likeness (QED) is 0.387. The highest BCUT2D eigenvalue weighted by molar-refractivity contribution is 6.07. The van der Waals surface area contributed by atoms with E-state index in [9.17, 15) is 14.9 Å². The Kier molecular flexibility index (Phi) is 6.65. The molecule has 0 bridgehead atoms. The standard InChI is InChI=1S/C19H24N4O6/c1-27-9-10-29-17-12-15(23(25)26)14(11-16(17)28-2)19(24)21-18-7-8-20-22(18)13-5-3-4-6-13/h7-8,11-13H,3-6,9-10H2,1-2H3,(H,21,24). The summed E-state index contributed by atoms with van der Waals surface area (Å²) in [6.45, 7) is 0.500. The van der Waals surface area contributed by atoms with Gasteiger partial charge in [0.2, 0.25) is 0 Å². The molecule has 3 rings (SSSR count). The first-order chi connectivity index (χ1) is 14.0. The average Bonchev–Trinajstić information content (AvgIpc) is 3.39. The first-order valence-electron chi connectivity index (χ1n) is 9.38. The Morgan fingerprint density at radius 2 is 2.03 bits per heavy atom. The number of aromatic nitrogens is 2. The summed E-state index contributed by atoms with van der Waals surface area (Å²) in [4.78, 5) is 23.8. The lowest BCUT2D eigenvalue weighted by molar-refractivity contribution is -0.385. The summed E-state index contributed by atoms with van der Waals surface area (Å²) in [7, 11) is 2.92. The van der Waals surface area contributed by atoms with Gasteiger partial charge in [0.25, 0.3) is 11.6 Å². The lowest BCUT2D eigenvalue weighted by Gasteiger charge is -2.15. The summed E-state index contributed by atoms with van der Waals surface area (Å²) >= 11 is 0. The van der Waals surface area contributed by atoms with Crippen molar-refractivity contribution in [1.82, 2.24) is 9.78 Å². The lowest BCUT2D eigenvalue weighted by atomic mass is 10.1. The van der Waals surface area contributed by atoms with Crippen LogP contribution in [0.15, 0.2) is 24.4 Å². The summed E-state index contributed by atoms with van der Waals surface area (Å²) < 4.78 is 17.4. The summed E-state index contributed by atoms with van der Waals surface area (Å²) in [6.07, 6.45) is 5.82. The van der Waals surface area contributed by atoms with E-state index in [2.05, 4.69) is 10.4 Å². The second kappa shape index (κ2) is 9.37. The monoisotopic (exact) mass is 404 g/mol. The Morgan fingerprint density at radius 1 is 1.28 bits per heavy atom. The molecule has 2 aromatic rings. The van der Waals surface area contributed by atoms with E-state index >= 15 is 0 Å². The predicted octanol–water partition coefficient (Wildman–Crippen LogP) is 3.19. The molecule has 1 aromatic carbocycles. The highest BCUT2D eigenvalue weighted by Crippen LogP contribution is 2.36. The molecule has 0 radical (unpaired) electrons. The smallest absolute Gasteiger partial charge is 0.286 e. The van der Waals surface area contributed by atoms with E-state index in [-0.39, 0.29) is 35.4 Å². The molecule has 1 N–H and O–H groups in total. The van der Waals surface area contributed by atoms with Crippen LogP contribution >= 0.6 is 0 Å². The molecule has 1 amide bonds. The molecule has 10 heteroatoms. The van der Waals surface area contributed by atoms with Gasteiger partial charge in [0.05, 0.1) is 36.9 Å². The van der Waals surface area contributed by atoms with Crippen molar-refractivity contribution in [3.63, 3.8) is 0 Å². The number of carbonyl (C=O) groups excluding carboxylic acids is 1. The Morgan fingerprint density at radius 3 is 2.69 bits per heavy atom. The van der Waals surface area contributed by atoms with Gasteiger partial charge >= 0.3 is 0 Å². The van der Waals surface area contributed by atoms with Crippen molar-refractivity contribution in [3.8, 4) is 11.5 Å². The number of nitrogens with zero attached hydrogens (tertiary/aromatic N) is 3. The molecule has 1 aliphatic rings. The number of nitro benzene ring substituents is 1. The number of benzene rings is 1. The van der Waals surface area contributed by atoms with Gasteiger partial charge in [0.1, 0.15) is 18.0 Å². The van der Waals surface area contributed by atoms with Crippen molar-refractivity contribution in [2.75, 3.05) is 32.8 Å². The van der Waals surface area contributed by atoms with Gasteiger partial charge in [-0.1, -0.05) is 12.8 Å². The Labute approximate surface area is 167 Å². The van der Waals surface area contributed by atoms with E-state index in [1.807, 2.05) is 0 Å². The number of carbonyl (C=O) groups is 1. The molecule has 29 heavy (non-hydrogen) atoms. The van der Waals surface area contributed by atoms with Gasteiger partial charge in [-0.2, -0.15) is 5.10 Å². The topological polar surface area (TPSA) is 118 Å². The van der Waals surface area contributed by atoms with Crippen LogP contribution in [0, 0.1) is 10.1 Å². The van der Waals surface area contributed by atoms with Crippen LogP contribution in [0.4, 0.5) is 11.5 Å². The fourth-order valence-corrected chi connectivity index (χ4v) is 3.43. The normalized spacial score (nSPS) is 14.0. The van der Waals surface area contributed by atoms with E-state index in [0.717, 1.165) is 25.7 Å². The summed E-state index contributed by atoms with van der Waals surface area (Å²) in [5.74, 6) is 0.290.